The molecular weight excluding hydrogens is 332 g/mol. The van der Waals surface area contributed by atoms with E-state index in [0.717, 1.165) is 28.5 Å². The molecule has 2 heterocycles. The molecule has 0 spiro atoms. The van der Waals surface area contributed by atoms with Gasteiger partial charge in [-0.05, 0) is 52.1 Å². The summed E-state index contributed by atoms with van der Waals surface area (Å²) in [5.41, 5.74) is 16.0. The number of hydrogen-bond acceptors (Lipinski definition) is 7. The molecule has 0 bridgehead atoms. The van der Waals surface area contributed by atoms with Crippen LogP contribution in [0.25, 0.3) is 22.4 Å². The van der Waals surface area contributed by atoms with Crippen LogP contribution in [-0.2, 0) is 6.42 Å². The maximum absolute atomic E-state index is 9.69. The first-order valence-corrected chi connectivity index (χ1v) is 8.26. The van der Waals surface area contributed by atoms with Crippen molar-refractivity contribution in [3.63, 3.8) is 0 Å². The standard InChI is InChI=1S/C19H18N4O3/c1-2-13-14-9-11(16(20)10-4-3-5-12(24)8-10)6-7-15(14)25-18(13)17-19(21)23-26-22-17/h3-9,16,24H,2,20H2,1H3,(H2,21,23). The molecule has 0 saturated carbocycles. The van der Waals surface area contributed by atoms with E-state index in [9.17, 15) is 5.11 Å². The molecular formula is C19H18N4O3. The summed E-state index contributed by atoms with van der Waals surface area (Å²) in [7, 11) is 0. The van der Waals surface area contributed by atoms with Crippen LogP contribution in [0.5, 0.6) is 5.75 Å². The Labute approximate surface area is 149 Å². The van der Waals surface area contributed by atoms with Crippen molar-refractivity contribution in [1.29, 1.82) is 0 Å². The van der Waals surface area contributed by atoms with Crippen LogP contribution >= 0.6 is 0 Å². The van der Waals surface area contributed by atoms with E-state index in [1.54, 1.807) is 18.2 Å². The molecule has 0 radical (unpaired) electrons. The van der Waals surface area contributed by atoms with Crippen molar-refractivity contribution in [3.05, 3.63) is 59.2 Å². The van der Waals surface area contributed by atoms with Gasteiger partial charge in [0.05, 0.1) is 6.04 Å². The Kier molecular flexibility index (Phi) is 3.85. The first-order chi connectivity index (χ1) is 12.6. The van der Waals surface area contributed by atoms with Gasteiger partial charge in [-0.1, -0.05) is 25.1 Å². The van der Waals surface area contributed by atoms with Crippen LogP contribution in [0.4, 0.5) is 5.82 Å². The minimum Gasteiger partial charge on any atom is -0.508 e. The highest BCUT2D eigenvalue weighted by atomic mass is 16.6. The highest BCUT2D eigenvalue weighted by Gasteiger charge is 2.21. The molecule has 7 heteroatoms. The smallest absolute Gasteiger partial charge is 0.199 e. The predicted octanol–water partition coefficient (Wildman–Crippen LogP) is 3.38. The number of hydrogen-bond donors (Lipinski definition) is 3. The van der Waals surface area contributed by atoms with Crippen molar-refractivity contribution in [2.75, 3.05) is 5.73 Å². The van der Waals surface area contributed by atoms with Crippen molar-refractivity contribution < 1.29 is 14.2 Å². The lowest BCUT2D eigenvalue weighted by molar-refractivity contribution is 0.309. The third-order valence-electron chi connectivity index (χ3n) is 4.49. The first-order valence-electron chi connectivity index (χ1n) is 8.26. The summed E-state index contributed by atoms with van der Waals surface area (Å²) in [4.78, 5) is 0. The second-order valence-electron chi connectivity index (χ2n) is 6.09. The van der Waals surface area contributed by atoms with Gasteiger partial charge < -0.3 is 21.0 Å². The number of aromatic nitrogens is 2. The Bertz CT molecular complexity index is 1080. The highest BCUT2D eigenvalue weighted by molar-refractivity contribution is 5.89. The molecule has 5 N–H and O–H groups in total. The number of nitrogens with zero attached hydrogens (tertiary/aromatic N) is 2. The number of phenols is 1. The normalized spacial score (nSPS) is 12.5. The quantitative estimate of drug-likeness (QED) is 0.515. The number of fused-ring (bicyclic) bond motifs is 1. The number of phenolic OH excluding ortho intramolecular Hbond substituents is 1. The van der Waals surface area contributed by atoms with Crippen molar-refractivity contribution in [2.24, 2.45) is 5.73 Å². The molecule has 2 aromatic heterocycles. The second-order valence-corrected chi connectivity index (χ2v) is 6.09. The minimum absolute atomic E-state index is 0.188. The zero-order valence-electron chi connectivity index (χ0n) is 14.1. The average Bonchev–Trinajstić information content (AvgIpc) is 3.22. The predicted molar refractivity (Wildman–Crippen MR) is 97.4 cm³/mol. The SMILES string of the molecule is CCc1c(-c2nonc2N)oc2ccc(C(N)c3cccc(O)c3)cc12. The lowest BCUT2D eigenvalue weighted by Gasteiger charge is -2.13. The molecule has 0 aliphatic carbocycles. The van der Waals surface area contributed by atoms with Crippen molar-refractivity contribution in [1.82, 2.24) is 10.3 Å². The van der Waals surface area contributed by atoms with Crippen molar-refractivity contribution >= 4 is 16.8 Å². The molecule has 0 aliphatic rings. The monoisotopic (exact) mass is 350 g/mol. The molecule has 2 aromatic carbocycles. The second kappa shape index (κ2) is 6.20. The molecule has 1 unspecified atom stereocenters. The summed E-state index contributed by atoms with van der Waals surface area (Å²) in [5.74, 6) is 0.938. The average molecular weight is 350 g/mol. The molecule has 132 valence electrons. The molecule has 4 rings (SSSR count). The van der Waals surface area contributed by atoms with Crippen molar-refractivity contribution in [2.45, 2.75) is 19.4 Å². The summed E-state index contributed by atoms with van der Waals surface area (Å²) >= 11 is 0. The molecule has 1 atom stereocenters. The van der Waals surface area contributed by atoms with E-state index in [2.05, 4.69) is 10.3 Å². The number of anilines is 1. The number of benzene rings is 2. The summed E-state index contributed by atoms with van der Waals surface area (Å²) < 4.78 is 10.6. The zero-order chi connectivity index (χ0) is 18.3. The number of aryl methyl sites for hydroxylation is 1. The van der Waals surface area contributed by atoms with Crippen LogP contribution in [-0.4, -0.2) is 15.4 Å². The number of nitrogen functional groups attached to an aromatic ring is 1. The van der Waals surface area contributed by atoms with E-state index < -0.39 is 0 Å². The molecule has 0 aliphatic heterocycles. The number of rotatable bonds is 4. The molecule has 0 saturated heterocycles. The zero-order valence-corrected chi connectivity index (χ0v) is 14.1. The molecule has 7 nitrogen and oxygen atoms in total. The van der Waals surface area contributed by atoms with E-state index >= 15 is 0 Å². The third-order valence-corrected chi connectivity index (χ3v) is 4.49. The fourth-order valence-electron chi connectivity index (χ4n) is 3.17. The largest absolute Gasteiger partial charge is 0.508 e. The third kappa shape index (κ3) is 2.58. The summed E-state index contributed by atoms with van der Waals surface area (Å²) in [6, 6.07) is 12.4. The Morgan fingerprint density at radius 3 is 2.62 bits per heavy atom. The number of aromatic hydroxyl groups is 1. The van der Waals surface area contributed by atoms with Crippen LogP contribution in [0.2, 0.25) is 0 Å². The summed E-state index contributed by atoms with van der Waals surface area (Å²) in [5, 5.41) is 18.1. The number of furan rings is 1. The van der Waals surface area contributed by atoms with Crippen LogP contribution < -0.4 is 11.5 Å². The lowest BCUT2D eigenvalue weighted by atomic mass is 9.96. The summed E-state index contributed by atoms with van der Waals surface area (Å²) in [6.45, 7) is 2.03. The fourth-order valence-corrected chi connectivity index (χ4v) is 3.17. The van der Waals surface area contributed by atoms with Gasteiger partial charge in [-0.3, -0.25) is 0 Å². The van der Waals surface area contributed by atoms with E-state index in [4.69, 9.17) is 20.5 Å². The Morgan fingerprint density at radius 1 is 1.12 bits per heavy atom. The van der Waals surface area contributed by atoms with Gasteiger partial charge in [-0.25, -0.2) is 4.63 Å². The van der Waals surface area contributed by atoms with Gasteiger partial charge in [0, 0.05) is 10.9 Å². The molecule has 26 heavy (non-hydrogen) atoms. The Hall–Kier alpha value is -3.32. The van der Waals surface area contributed by atoms with Gasteiger partial charge in [0.25, 0.3) is 0 Å². The van der Waals surface area contributed by atoms with E-state index in [1.165, 1.54) is 0 Å². The van der Waals surface area contributed by atoms with Gasteiger partial charge in [0.1, 0.15) is 11.3 Å². The van der Waals surface area contributed by atoms with Gasteiger partial charge in [0.15, 0.2) is 17.3 Å². The highest BCUT2D eigenvalue weighted by Crippen LogP contribution is 2.36. The Balaban J connectivity index is 1.83. The molecule has 0 fully saturated rings. The maximum atomic E-state index is 9.69. The van der Waals surface area contributed by atoms with Gasteiger partial charge >= 0.3 is 0 Å². The van der Waals surface area contributed by atoms with Crippen LogP contribution in [0.3, 0.4) is 0 Å². The van der Waals surface area contributed by atoms with E-state index in [1.807, 2.05) is 31.2 Å². The van der Waals surface area contributed by atoms with Crippen LogP contribution in [0.15, 0.2) is 51.5 Å². The summed E-state index contributed by atoms with van der Waals surface area (Å²) in [6.07, 6.45) is 0.722. The van der Waals surface area contributed by atoms with Gasteiger partial charge in [-0.2, -0.15) is 0 Å². The number of nitrogens with two attached hydrogens (primary N) is 2. The maximum Gasteiger partial charge on any atom is 0.199 e. The fraction of sp³-hybridized carbons (Fsp3) is 0.158. The van der Waals surface area contributed by atoms with Crippen LogP contribution in [0.1, 0.15) is 29.7 Å². The van der Waals surface area contributed by atoms with Crippen molar-refractivity contribution in [3.8, 4) is 17.2 Å². The molecule has 0 amide bonds. The van der Waals surface area contributed by atoms with E-state index in [0.29, 0.717) is 17.0 Å². The lowest BCUT2D eigenvalue weighted by Crippen LogP contribution is -2.11. The molecule has 4 aromatic rings. The topological polar surface area (TPSA) is 124 Å². The van der Waals surface area contributed by atoms with E-state index in [-0.39, 0.29) is 17.6 Å². The van der Waals surface area contributed by atoms with Gasteiger partial charge in [0.2, 0.25) is 0 Å². The van der Waals surface area contributed by atoms with Crippen LogP contribution in [0, 0.1) is 0 Å². The Morgan fingerprint density at radius 2 is 1.92 bits per heavy atom. The first kappa shape index (κ1) is 16.2. The minimum atomic E-state index is -0.367. The van der Waals surface area contributed by atoms with Gasteiger partial charge in [-0.15, -0.1) is 0 Å².